The average Bonchev–Trinajstić information content (AvgIpc) is 2.61. The van der Waals surface area contributed by atoms with Gasteiger partial charge in [0.2, 0.25) is 5.91 Å². The Morgan fingerprint density at radius 2 is 2.05 bits per heavy atom. The maximum absolute atomic E-state index is 13.0. The zero-order chi connectivity index (χ0) is 14.9. The smallest absolute Gasteiger partial charge is 0.253 e. The molecule has 0 saturated carbocycles. The van der Waals surface area contributed by atoms with Gasteiger partial charge in [-0.2, -0.15) is 0 Å². The largest absolute Gasteiger partial charge is 0.326 e. The summed E-state index contributed by atoms with van der Waals surface area (Å²) < 4.78 is 25.7. The lowest BCUT2D eigenvalue weighted by atomic mass is 10.0. The number of amides is 3. The van der Waals surface area contributed by atoms with Gasteiger partial charge in [-0.3, -0.25) is 24.8 Å². The fourth-order valence-corrected chi connectivity index (χ4v) is 1.80. The Morgan fingerprint density at radius 3 is 2.60 bits per heavy atom. The molecule has 1 saturated heterocycles. The van der Waals surface area contributed by atoms with Gasteiger partial charge in [0, 0.05) is 25.2 Å². The number of carbonyl (C=O) groups excluding carboxylic acids is 3. The molecule has 1 aromatic carbocycles. The van der Waals surface area contributed by atoms with E-state index in [2.05, 4.69) is 10.7 Å². The highest BCUT2D eigenvalue weighted by Crippen LogP contribution is 2.16. The summed E-state index contributed by atoms with van der Waals surface area (Å²) in [6, 6.07) is 2.86. The molecule has 1 fully saturated rings. The highest BCUT2D eigenvalue weighted by Gasteiger charge is 2.38. The lowest BCUT2D eigenvalue weighted by molar-refractivity contribution is -0.134. The molecule has 0 aromatic heterocycles. The molecule has 106 valence electrons. The molecule has 1 unspecified atom stereocenters. The van der Waals surface area contributed by atoms with E-state index >= 15 is 0 Å². The second kappa shape index (κ2) is 5.24. The van der Waals surface area contributed by atoms with E-state index in [1.807, 2.05) is 0 Å². The van der Waals surface area contributed by atoms with Crippen molar-refractivity contribution in [3.63, 3.8) is 0 Å². The van der Waals surface area contributed by atoms with E-state index in [0.717, 1.165) is 17.1 Å². The number of carbonyl (C=O) groups is 3. The van der Waals surface area contributed by atoms with Gasteiger partial charge < -0.3 is 5.32 Å². The number of hydrazine groups is 1. The van der Waals surface area contributed by atoms with Crippen molar-refractivity contribution in [3.05, 3.63) is 29.8 Å². The lowest BCUT2D eigenvalue weighted by Crippen LogP contribution is -2.31. The van der Waals surface area contributed by atoms with Gasteiger partial charge >= 0.3 is 0 Å². The van der Waals surface area contributed by atoms with E-state index in [-0.39, 0.29) is 12.1 Å². The number of nitrogens with one attached hydrogen (secondary N) is 2. The van der Waals surface area contributed by atoms with Crippen molar-refractivity contribution >= 4 is 23.4 Å². The molecule has 1 heterocycles. The van der Waals surface area contributed by atoms with Gasteiger partial charge in [0.1, 0.15) is 5.92 Å². The minimum atomic E-state index is -1.11. The summed E-state index contributed by atoms with van der Waals surface area (Å²) in [7, 11) is 1.37. The zero-order valence-corrected chi connectivity index (χ0v) is 10.4. The topological polar surface area (TPSA) is 78.5 Å². The first kappa shape index (κ1) is 13.9. The van der Waals surface area contributed by atoms with Crippen molar-refractivity contribution < 1.29 is 23.2 Å². The Bertz CT molecular complexity index is 591. The van der Waals surface area contributed by atoms with E-state index in [0.29, 0.717) is 0 Å². The first-order valence-electron chi connectivity index (χ1n) is 5.71. The summed E-state index contributed by atoms with van der Waals surface area (Å²) in [5.41, 5.74) is 2.31. The molecule has 1 aliphatic rings. The number of benzene rings is 1. The summed E-state index contributed by atoms with van der Waals surface area (Å²) in [5.74, 6) is -4.97. The van der Waals surface area contributed by atoms with Crippen LogP contribution in [0.5, 0.6) is 0 Å². The second-order valence-corrected chi connectivity index (χ2v) is 4.31. The number of hydrogen-bond acceptors (Lipinski definition) is 3. The van der Waals surface area contributed by atoms with E-state index in [4.69, 9.17) is 0 Å². The van der Waals surface area contributed by atoms with Crippen LogP contribution in [0.1, 0.15) is 6.42 Å². The standard InChI is InChI=1S/C12H11F2N3O3/c1-17-12(20)7(11(19)16-17)5-10(18)15-6-2-3-8(13)9(14)4-6/h2-4,7H,5H2,1H3,(H,15,18)(H,16,19). The molecular formula is C12H11F2N3O3. The quantitative estimate of drug-likeness (QED) is 0.789. The Kier molecular flexibility index (Phi) is 3.64. The number of nitrogens with zero attached hydrogens (tertiary/aromatic N) is 1. The maximum atomic E-state index is 13.0. The lowest BCUT2D eigenvalue weighted by Gasteiger charge is -2.08. The van der Waals surface area contributed by atoms with Crippen LogP contribution in [0.4, 0.5) is 14.5 Å². The van der Waals surface area contributed by atoms with Crippen LogP contribution in [0.25, 0.3) is 0 Å². The highest BCUT2D eigenvalue weighted by atomic mass is 19.2. The monoisotopic (exact) mass is 283 g/mol. The van der Waals surface area contributed by atoms with E-state index in [9.17, 15) is 23.2 Å². The molecule has 2 N–H and O–H groups in total. The maximum Gasteiger partial charge on any atom is 0.253 e. The van der Waals surface area contributed by atoms with Gasteiger partial charge in [-0.15, -0.1) is 0 Å². The van der Waals surface area contributed by atoms with Gasteiger partial charge in [-0.25, -0.2) is 8.78 Å². The molecule has 0 aliphatic carbocycles. The predicted octanol–water partition coefficient (Wildman–Crippen LogP) is 0.413. The van der Waals surface area contributed by atoms with Crippen molar-refractivity contribution in [1.29, 1.82) is 0 Å². The summed E-state index contributed by atoms with van der Waals surface area (Å²) in [6.07, 6.45) is -0.367. The van der Waals surface area contributed by atoms with Crippen molar-refractivity contribution in [2.75, 3.05) is 12.4 Å². The van der Waals surface area contributed by atoms with Gasteiger partial charge in [-0.1, -0.05) is 0 Å². The van der Waals surface area contributed by atoms with Gasteiger partial charge in [0.15, 0.2) is 11.6 Å². The minimum absolute atomic E-state index is 0.0492. The average molecular weight is 283 g/mol. The molecule has 6 nitrogen and oxygen atoms in total. The molecule has 0 spiro atoms. The summed E-state index contributed by atoms with van der Waals surface area (Å²) >= 11 is 0. The van der Waals surface area contributed by atoms with Crippen molar-refractivity contribution in [1.82, 2.24) is 10.4 Å². The molecule has 0 radical (unpaired) electrons. The number of halogens is 2. The molecule has 1 aromatic rings. The van der Waals surface area contributed by atoms with E-state index < -0.39 is 35.3 Å². The first-order valence-corrected chi connectivity index (χ1v) is 5.71. The third-order valence-corrected chi connectivity index (χ3v) is 2.82. The van der Waals surface area contributed by atoms with Crippen LogP contribution in [0, 0.1) is 17.6 Å². The zero-order valence-electron chi connectivity index (χ0n) is 10.4. The van der Waals surface area contributed by atoms with Gasteiger partial charge in [0.25, 0.3) is 11.8 Å². The minimum Gasteiger partial charge on any atom is -0.326 e. The normalized spacial score (nSPS) is 18.1. The third kappa shape index (κ3) is 2.73. The Labute approximate surface area is 112 Å². The molecule has 0 bridgehead atoms. The molecule has 1 atom stereocenters. The van der Waals surface area contributed by atoms with Crippen LogP contribution in [0.15, 0.2) is 18.2 Å². The van der Waals surface area contributed by atoms with Crippen LogP contribution < -0.4 is 10.7 Å². The first-order chi connectivity index (χ1) is 9.38. The molecule has 1 aliphatic heterocycles. The molecule has 3 amide bonds. The van der Waals surface area contributed by atoms with Crippen LogP contribution in [-0.4, -0.2) is 29.8 Å². The fourth-order valence-electron chi connectivity index (χ4n) is 1.80. The van der Waals surface area contributed by atoms with E-state index in [1.165, 1.54) is 13.1 Å². The van der Waals surface area contributed by atoms with Gasteiger partial charge in [-0.05, 0) is 12.1 Å². The van der Waals surface area contributed by atoms with Crippen molar-refractivity contribution in [2.45, 2.75) is 6.42 Å². The number of anilines is 1. The summed E-state index contributed by atoms with van der Waals surface area (Å²) in [4.78, 5) is 34.7. The van der Waals surface area contributed by atoms with Crippen LogP contribution in [0.2, 0.25) is 0 Å². The van der Waals surface area contributed by atoms with Gasteiger partial charge in [0.05, 0.1) is 0 Å². The highest BCUT2D eigenvalue weighted by molar-refractivity contribution is 6.08. The molecular weight excluding hydrogens is 272 g/mol. The molecule has 2 rings (SSSR count). The molecule has 20 heavy (non-hydrogen) atoms. The summed E-state index contributed by atoms with van der Waals surface area (Å²) in [6.45, 7) is 0. The molecule has 8 heteroatoms. The van der Waals surface area contributed by atoms with Crippen molar-refractivity contribution in [3.8, 4) is 0 Å². The van der Waals surface area contributed by atoms with E-state index in [1.54, 1.807) is 0 Å². The number of hydrogen-bond donors (Lipinski definition) is 2. The Balaban J connectivity index is 2.00. The van der Waals surface area contributed by atoms with Crippen LogP contribution in [0.3, 0.4) is 0 Å². The SMILES string of the molecule is CN1NC(=O)C(CC(=O)Nc2ccc(F)c(F)c2)C1=O. The fraction of sp³-hybridized carbons (Fsp3) is 0.250. The van der Waals surface area contributed by atoms with Crippen LogP contribution in [-0.2, 0) is 14.4 Å². The van der Waals surface area contributed by atoms with Crippen LogP contribution >= 0.6 is 0 Å². The third-order valence-electron chi connectivity index (χ3n) is 2.82. The second-order valence-electron chi connectivity index (χ2n) is 4.31. The Morgan fingerprint density at radius 1 is 1.35 bits per heavy atom. The summed E-state index contributed by atoms with van der Waals surface area (Å²) in [5, 5.41) is 3.29. The Hall–Kier alpha value is -2.51. The van der Waals surface area contributed by atoms with Crippen molar-refractivity contribution in [2.24, 2.45) is 5.92 Å². The predicted molar refractivity (Wildman–Crippen MR) is 64.0 cm³/mol. The number of rotatable bonds is 3.